The fourth-order valence-corrected chi connectivity index (χ4v) is 2.63. The number of rotatable bonds is 1. The summed E-state index contributed by atoms with van der Waals surface area (Å²) in [5.74, 6) is -2.04. The summed E-state index contributed by atoms with van der Waals surface area (Å²) in [5.41, 5.74) is 0. The Labute approximate surface area is 97.2 Å². The van der Waals surface area contributed by atoms with Gasteiger partial charge in [-0.25, -0.2) is 4.79 Å². The predicted molar refractivity (Wildman–Crippen MR) is 53.7 cm³/mol. The number of ether oxygens (including phenoxy) is 2. The number of hydrogen-bond donors (Lipinski definition) is 0. The van der Waals surface area contributed by atoms with Crippen LogP contribution in [0.1, 0.15) is 6.42 Å². The second-order valence-electron chi connectivity index (χ2n) is 4.33. The highest BCUT2D eigenvalue weighted by Crippen LogP contribution is 2.36. The van der Waals surface area contributed by atoms with E-state index in [0.717, 1.165) is 0 Å². The topological polar surface area (TPSA) is 72.9 Å². The van der Waals surface area contributed by atoms with Gasteiger partial charge in [0, 0.05) is 0 Å². The summed E-state index contributed by atoms with van der Waals surface area (Å²) in [6.45, 7) is 0.766. The molecule has 0 saturated carbocycles. The van der Waals surface area contributed by atoms with Gasteiger partial charge >= 0.3 is 18.0 Å². The van der Waals surface area contributed by atoms with Gasteiger partial charge in [0.1, 0.15) is 6.61 Å². The van der Waals surface area contributed by atoms with Crippen LogP contribution in [0.25, 0.3) is 0 Å². The van der Waals surface area contributed by atoms with Crippen molar-refractivity contribution >= 4 is 18.0 Å². The predicted octanol–water partition coefficient (Wildman–Crippen LogP) is 0.0829. The van der Waals surface area contributed by atoms with Crippen LogP contribution in [0.4, 0.5) is 4.79 Å². The van der Waals surface area contributed by atoms with Crippen molar-refractivity contribution in [2.24, 2.45) is 11.8 Å². The van der Waals surface area contributed by atoms with Crippen molar-refractivity contribution in [3.05, 3.63) is 12.2 Å². The summed E-state index contributed by atoms with van der Waals surface area (Å²) >= 11 is 0. The van der Waals surface area contributed by atoms with Gasteiger partial charge in [-0.15, -0.1) is 0 Å². The summed E-state index contributed by atoms with van der Waals surface area (Å²) in [4.78, 5) is 36.0. The lowest BCUT2D eigenvalue weighted by molar-refractivity contribution is -0.154. The van der Waals surface area contributed by atoms with E-state index in [4.69, 9.17) is 4.74 Å². The van der Waals surface area contributed by atoms with Crippen LogP contribution in [-0.2, 0) is 19.1 Å². The standard InChI is InChI=1S/C11H11NO5/c13-9-6-2-1-3-7(8(6)10(14)17-9)12-4-5-16-11(12)15/h1,3,6-8H,2,4-5H2/t6-,7+,8-/m0/s1. The maximum atomic E-state index is 11.6. The SMILES string of the molecule is O=C1OC(=O)[C@H]2CC=C[C@@H](N3CCOC3=O)[C@@H]12. The number of nitrogens with zero attached hydrogens (tertiary/aromatic N) is 1. The number of esters is 2. The number of carbonyl (C=O) groups is 3. The van der Waals surface area contributed by atoms with E-state index in [1.807, 2.05) is 6.08 Å². The number of cyclic esters (lactones) is 3. The van der Waals surface area contributed by atoms with E-state index < -0.39 is 35.9 Å². The van der Waals surface area contributed by atoms with Gasteiger partial charge in [0.2, 0.25) is 0 Å². The summed E-state index contributed by atoms with van der Waals surface area (Å²) in [7, 11) is 0. The van der Waals surface area contributed by atoms with Crippen molar-refractivity contribution in [3.63, 3.8) is 0 Å². The number of fused-ring (bicyclic) bond motifs is 1. The van der Waals surface area contributed by atoms with Crippen molar-refractivity contribution in [3.8, 4) is 0 Å². The molecule has 17 heavy (non-hydrogen) atoms. The minimum absolute atomic E-state index is 0.323. The van der Waals surface area contributed by atoms with E-state index in [0.29, 0.717) is 19.6 Å². The molecule has 2 fully saturated rings. The van der Waals surface area contributed by atoms with Crippen LogP contribution in [0, 0.1) is 11.8 Å². The van der Waals surface area contributed by atoms with E-state index in [2.05, 4.69) is 4.74 Å². The maximum absolute atomic E-state index is 11.6. The lowest BCUT2D eigenvalue weighted by atomic mass is 9.81. The molecule has 0 radical (unpaired) electrons. The van der Waals surface area contributed by atoms with Gasteiger partial charge in [0.15, 0.2) is 0 Å². The molecule has 3 atom stereocenters. The van der Waals surface area contributed by atoms with Crippen LogP contribution in [0.5, 0.6) is 0 Å². The van der Waals surface area contributed by atoms with Crippen molar-refractivity contribution in [2.45, 2.75) is 12.5 Å². The van der Waals surface area contributed by atoms with Crippen LogP contribution in [0.3, 0.4) is 0 Å². The molecule has 90 valence electrons. The van der Waals surface area contributed by atoms with Crippen molar-refractivity contribution in [1.82, 2.24) is 4.90 Å². The van der Waals surface area contributed by atoms with E-state index >= 15 is 0 Å². The Hall–Kier alpha value is -1.85. The molecule has 3 rings (SSSR count). The molecule has 0 aromatic rings. The molecular formula is C11H11NO5. The van der Waals surface area contributed by atoms with Gasteiger partial charge in [-0.3, -0.25) is 14.5 Å². The van der Waals surface area contributed by atoms with Gasteiger partial charge in [0.05, 0.1) is 24.4 Å². The largest absolute Gasteiger partial charge is 0.448 e. The van der Waals surface area contributed by atoms with Crippen LogP contribution < -0.4 is 0 Å². The lowest BCUT2D eigenvalue weighted by Crippen LogP contribution is -2.45. The minimum Gasteiger partial charge on any atom is -0.448 e. The van der Waals surface area contributed by atoms with Crippen molar-refractivity contribution < 1.29 is 23.9 Å². The average Bonchev–Trinajstić information content (AvgIpc) is 2.85. The van der Waals surface area contributed by atoms with Crippen molar-refractivity contribution in [1.29, 1.82) is 0 Å². The first-order valence-electron chi connectivity index (χ1n) is 5.54. The fourth-order valence-electron chi connectivity index (χ4n) is 2.63. The normalized spacial score (nSPS) is 35.9. The van der Waals surface area contributed by atoms with E-state index in [1.165, 1.54) is 4.90 Å². The molecule has 2 saturated heterocycles. The second kappa shape index (κ2) is 3.58. The highest BCUT2D eigenvalue weighted by molar-refractivity contribution is 5.97. The van der Waals surface area contributed by atoms with Crippen LogP contribution in [0.15, 0.2) is 12.2 Å². The molecule has 6 nitrogen and oxygen atoms in total. The molecule has 2 aliphatic heterocycles. The van der Waals surface area contributed by atoms with E-state index in [1.54, 1.807) is 6.08 Å². The second-order valence-corrected chi connectivity index (χ2v) is 4.33. The molecule has 1 amide bonds. The molecule has 0 bridgehead atoms. The minimum atomic E-state index is -0.571. The number of allylic oxidation sites excluding steroid dienone is 1. The highest BCUT2D eigenvalue weighted by atomic mass is 16.6. The summed E-state index contributed by atoms with van der Waals surface area (Å²) in [6, 6.07) is -0.414. The summed E-state index contributed by atoms with van der Waals surface area (Å²) < 4.78 is 9.48. The first kappa shape index (κ1) is 10.3. The number of hydrogen-bond acceptors (Lipinski definition) is 5. The molecule has 0 aromatic carbocycles. The fraction of sp³-hybridized carbons (Fsp3) is 0.545. The molecule has 1 aliphatic carbocycles. The molecular weight excluding hydrogens is 226 g/mol. The van der Waals surface area contributed by atoms with Gasteiger partial charge < -0.3 is 9.47 Å². The Kier molecular flexibility index (Phi) is 2.17. The summed E-state index contributed by atoms with van der Waals surface area (Å²) in [6.07, 6.45) is 3.66. The van der Waals surface area contributed by atoms with E-state index in [-0.39, 0.29) is 0 Å². The average molecular weight is 237 g/mol. The smallest absolute Gasteiger partial charge is 0.410 e. The third-order valence-corrected chi connectivity index (χ3v) is 3.45. The molecule has 0 N–H and O–H groups in total. The first-order valence-corrected chi connectivity index (χ1v) is 5.54. The Balaban J connectivity index is 1.91. The van der Waals surface area contributed by atoms with Gasteiger partial charge in [-0.2, -0.15) is 0 Å². The monoisotopic (exact) mass is 237 g/mol. The maximum Gasteiger partial charge on any atom is 0.410 e. The third-order valence-electron chi connectivity index (χ3n) is 3.45. The van der Waals surface area contributed by atoms with E-state index in [9.17, 15) is 14.4 Å². The van der Waals surface area contributed by atoms with Gasteiger partial charge in [0.25, 0.3) is 0 Å². The Morgan fingerprint density at radius 2 is 2.06 bits per heavy atom. The number of amides is 1. The molecule has 3 aliphatic rings. The molecule has 0 spiro atoms. The quantitative estimate of drug-likeness (QED) is 0.367. The number of carbonyl (C=O) groups excluding carboxylic acids is 3. The van der Waals surface area contributed by atoms with Gasteiger partial charge in [-0.1, -0.05) is 12.2 Å². The summed E-state index contributed by atoms with van der Waals surface area (Å²) in [5, 5.41) is 0. The lowest BCUT2D eigenvalue weighted by Gasteiger charge is -2.30. The van der Waals surface area contributed by atoms with Gasteiger partial charge in [-0.05, 0) is 6.42 Å². The highest BCUT2D eigenvalue weighted by Gasteiger charge is 2.51. The Bertz CT molecular complexity index is 430. The zero-order valence-corrected chi connectivity index (χ0v) is 9.00. The van der Waals surface area contributed by atoms with Crippen LogP contribution >= 0.6 is 0 Å². The van der Waals surface area contributed by atoms with Crippen molar-refractivity contribution in [2.75, 3.05) is 13.2 Å². The molecule has 0 unspecified atom stereocenters. The Morgan fingerprint density at radius 3 is 2.76 bits per heavy atom. The third kappa shape index (κ3) is 1.44. The Morgan fingerprint density at radius 1 is 1.24 bits per heavy atom. The first-order chi connectivity index (χ1) is 8.18. The zero-order chi connectivity index (χ0) is 12.0. The zero-order valence-electron chi connectivity index (χ0n) is 9.00. The van der Waals surface area contributed by atoms with Crippen LogP contribution in [0.2, 0.25) is 0 Å². The molecule has 2 heterocycles. The molecule has 6 heteroatoms. The van der Waals surface area contributed by atoms with Crippen LogP contribution in [-0.4, -0.2) is 42.1 Å². The molecule has 0 aromatic heterocycles.